The Morgan fingerprint density at radius 2 is 1.46 bits per heavy atom. The van der Waals surface area contributed by atoms with Gasteiger partial charge in [-0.1, -0.05) is 62.4 Å². The molecule has 3 amide bonds. The van der Waals surface area contributed by atoms with Gasteiger partial charge in [-0.3, -0.25) is 9.59 Å². The molecule has 0 saturated carbocycles. The summed E-state index contributed by atoms with van der Waals surface area (Å²) in [6.45, 7) is 10.2. The molecule has 2 fully saturated rings. The van der Waals surface area contributed by atoms with Crippen molar-refractivity contribution >= 4 is 23.9 Å². The highest BCUT2D eigenvalue weighted by Gasteiger charge is 2.51. The Morgan fingerprint density at radius 1 is 0.889 bits per heavy atom. The number of ether oxygens (including phenoxy) is 2. The summed E-state index contributed by atoms with van der Waals surface area (Å²) in [4.78, 5) is 70.9. The molecule has 14 heteroatoms. The SMILES string of the molecule is COC(=O)C(N)(C(=O)N1CCCC1c1ncc(-c2ccc(-c3ccc(-c4cnc(CN5CCCC(NC(=O)OC(C)(C)C)C5=O)[nH]4)cc3)cc2)[nH]1)C(C)C. The minimum Gasteiger partial charge on any atom is -0.467 e. The molecule has 0 bridgehead atoms. The van der Waals surface area contributed by atoms with E-state index in [0.717, 1.165) is 46.5 Å². The smallest absolute Gasteiger partial charge is 0.408 e. The number of likely N-dealkylation sites (tertiary alicyclic amines) is 2. The van der Waals surface area contributed by atoms with Crippen LogP contribution in [0, 0.1) is 5.92 Å². The predicted molar refractivity (Wildman–Crippen MR) is 202 cm³/mol. The van der Waals surface area contributed by atoms with Crippen LogP contribution in [-0.2, 0) is 30.4 Å². The van der Waals surface area contributed by atoms with Crippen LogP contribution >= 0.6 is 0 Å². The van der Waals surface area contributed by atoms with Crippen molar-refractivity contribution in [2.75, 3.05) is 20.2 Å². The lowest BCUT2D eigenvalue weighted by Crippen LogP contribution is -2.64. The van der Waals surface area contributed by atoms with Crippen molar-refractivity contribution in [2.24, 2.45) is 11.7 Å². The molecular weight excluding hydrogens is 688 g/mol. The van der Waals surface area contributed by atoms with Gasteiger partial charge in [-0.05, 0) is 74.6 Å². The van der Waals surface area contributed by atoms with E-state index in [4.69, 9.17) is 15.2 Å². The number of nitrogens with zero attached hydrogens (tertiary/aromatic N) is 4. The quantitative estimate of drug-likeness (QED) is 0.123. The van der Waals surface area contributed by atoms with Gasteiger partial charge in [0, 0.05) is 13.1 Å². The van der Waals surface area contributed by atoms with E-state index >= 15 is 0 Å². The lowest BCUT2D eigenvalue weighted by molar-refractivity contribution is -0.159. The second-order valence-corrected chi connectivity index (χ2v) is 15.4. The van der Waals surface area contributed by atoms with Crippen LogP contribution in [0.15, 0.2) is 60.9 Å². The van der Waals surface area contributed by atoms with Crippen molar-refractivity contribution < 1.29 is 28.7 Å². The van der Waals surface area contributed by atoms with Crippen LogP contribution in [0.2, 0.25) is 0 Å². The number of nitrogens with two attached hydrogens (primary N) is 1. The van der Waals surface area contributed by atoms with E-state index in [9.17, 15) is 19.2 Å². The number of H-pyrrole nitrogens is 2. The number of piperidine rings is 1. The van der Waals surface area contributed by atoms with Crippen LogP contribution in [0.4, 0.5) is 4.79 Å². The van der Waals surface area contributed by atoms with Crippen LogP contribution in [-0.4, -0.2) is 91.0 Å². The van der Waals surface area contributed by atoms with E-state index in [0.29, 0.717) is 44.1 Å². The maximum absolute atomic E-state index is 13.6. The maximum atomic E-state index is 13.6. The first-order chi connectivity index (χ1) is 25.7. The summed E-state index contributed by atoms with van der Waals surface area (Å²) in [6, 6.07) is 15.3. The van der Waals surface area contributed by atoms with Gasteiger partial charge in [0.05, 0.1) is 43.5 Å². The molecule has 2 aliphatic rings. The molecule has 0 radical (unpaired) electrons. The third kappa shape index (κ3) is 8.03. The molecule has 5 N–H and O–H groups in total. The van der Waals surface area contributed by atoms with Gasteiger partial charge in [0.2, 0.25) is 5.91 Å². The predicted octanol–water partition coefficient (Wildman–Crippen LogP) is 5.34. The van der Waals surface area contributed by atoms with Gasteiger partial charge in [0.15, 0.2) is 5.54 Å². The lowest BCUT2D eigenvalue weighted by atomic mass is 9.85. The van der Waals surface area contributed by atoms with E-state index in [1.54, 1.807) is 56.8 Å². The number of amides is 3. The number of carbonyl (C=O) groups excluding carboxylic acids is 4. The van der Waals surface area contributed by atoms with Crippen LogP contribution in [0.1, 0.15) is 78.0 Å². The summed E-state index contributed by atoms with van der Waals surface area (Å²) >= 11 is 0. The number of benzene rings is 2. The Bertz CT molecular complexity index is 1980. The van der Waals surface area contributed by atoms with Crippen molar-refractivity contribution in [2.45, 2.75) is 90.1 Å². The molecule has 3 unspecified atom stereocenters. The second-order valence-electron chi connectivity index (χ2n) is 15.4. The summed E-state index contributed by atoms with van der Waals surface area (Å²) in [5.74, 6) is -0.487. The molecule has 54 heavy (non-hydrogen) atoms. The summed E-state index contributed by atoms with van der Waals surface area (Å²) < 4.78 is 10.2. The van der Waals surface area contributed by atoms with Gasteiger partial charge in [-0.2, -0.15) is 0 Å². The topological polar surface area (TPSA) is 189 Å². The Hall–Kier alpha value is -5.50. The molecule has 2 saturated heterocycles. The van der Waals surface area contributed by atoms with Crippen LogP contribution in [0.3, 0.4) is 0 Å². The molecule has 6 rings (SSSR count). The van der Waals surface area contributed by atoms with Gasteiger partial charge in [0.25, 0.3) is 5.91 Å². The highest BCUT2D eigenvalue weighted by Crippen LogP contribution is 2.35. The number of rotatable bonds is 10. The van der Waals surface area contributed by atoms with Gasteiger partial charge in [-0.15, -0.1) is 0 Å². The minimum atomic E-state index is -1.77. The normalized spacial score (nSPS) is 18.8. The largest absolute Gasteiger partial charge is 0.467 e. The summed E-state index contributed by atoms with van der Waals surface area (Å²) in [7, 11) is 1.24. The number of carbonyl (C=O) groups is 4. The molecular formula is C40H50N8O6. The molecule has 0 spiro atoms. The third-order valence-electron chi connectivity index (χ3n) is 10.1. The number of alkyl carbamates (subject to hydrolysis) is 1. The molecule has 3 atom stereocenters. The summed E-state index contributed by atoms with van der Waals surface area (Å²) in [6.07, 6.45) is 5.73. The molecule has 14 nitrogen and oxygen atoms in total. The van der Waals surface area contributed by atoms with Crippen molar-refractivity contribution in [1.82, 2.24) is 35.1 Å². The minimum absolute atomic E-state index is 0.150. The highest BCUT2D eigenvalue weighted by atomic mass is 16.6. The third-order valence-corrected chi connectivity index (χ3v) is 10.1. The zero-order valence-corrected chi connectivity index (χ0v) is 31.8. The Balaban J connectivity index is 1.07. The number of hydrogen-bond donors (Lipinski definition) is 4. The maximum Gasteiger partial charge on any atom is 0.408 e. The molecule has 4 heterocycles. The Morgan fingerprint density at radius 3 is 2.06 bits per heavy atom. The number of esters is 1. The van der Waals surface area contributed by atoms with Crippen LogP contribution < -0.4 is 11.1 Å². The van der Waals surface area contributed by atoms with E-state index in [1.807, 2.05) is 36.4 Å². The fourth-order valence-electron chi connectivity index (χ4n) is 7.06. The fourth-order valence-corrected chi connectivity index (χ4v) is 7.06. The molecule has 4 aromatic rings. The lowest BCUT2D eigenvalue weighted by Gasteiger charge is -2.35. The van der Waals surface area contributed by atoms with E-state index in [-0.39, 0.29) is 11.9 Å². The van der Waals surface area contributed by atoms with Crippen molar-refractivity contribution in [1.29, 1.82) is 0 Å². The number of aromatic amines is 2. The Kier molecular flexibility index (Phi) is 10.9. The number of aromatic nitrogens is 4. The Labute approximate surface area is 315 Å². The molecule has 286 valence electrons. The number of hydrogen-bond acceptors (Lipinski definition) is 9. The van der Waals surface area contributed by atoms with E-state index < -0.39 is 41.1 Å². The average molecular weight is 739 g/mol. The molecule has 2 aromatic heterocycles. The first-order valence-electron chi connectivity index (χ1n) is 18.4. The van der Waals surface area contributed by atoms with Crippen LogP contribution in [0.5, 0.6) is 0 Å². The van der Waals surface area contributed by atoms with Gasteiger partial charge in [-0.25, -0.2) is 19.6 Å². The van der Waals surface area contributed by atoms with Gasteiger partial charge < -0.3 is 40.3 Å². The zero-order valence-electron chi connectivity index (χ0n) is 31.8. The zero-order chi connectivity index (χ0) is 38.8. The van der Waals surface area contributed by atoms with E-state index in [1.165, 1.54) is 7.11 Å². The summed E-state index contributed by atoms with van der Waals surface area (Å²) in [5.41, 5.74) is 9.61. The number of imidazole rings is 2. The molecule has 0 aliphatic carbocycles. The van der Waals surface area contributed by atoms with E-state index in [2.05, 4.69) is 37.4 Å². The van der Waals surface area contributed by atoms with Gasteiger partial charge >= 0.3 is 12.1 Å². The molecule has 2 aliphatic heterocycles. The van der Waals surface area contributed by atoms with Gasteiger partial charge in [0.1, 0.15) is 23.3 Å². The first kappa shape index (κ1) is 38.2. The van der Waals surface area contributed by atoms with Crippen molar-refractivity contribution in [3.63, 3.8) is 0 Å². The average Bonchev–Trinajstić information content (AvgIpc) is 3.93. The first-order valence-corrected chi connectivity index (χ1v) is 18.4. The second kappa shape index (κ2) is 15.5. The standard InChI is InChI=1S/C40H50N8O6/c1-24(2)40(41,37(51)53-6)36(50)48-20-8-10-32(48)34-43-22-31(45-34)28-17-13-26(14-18-28)25-11-15-27(16-12-25)30-21-42-33(44-30)23-47-19-7-9-29(35(47)49)46-38(52)54-39(3,4)5/h11-18,21-22,24,29,32H,7-10,19-20,23,41H2,1-6H3,(H,42,44)(H,43,45)(H,46,52). The number of nitrogens with one attached hydrogen (secondary N) is 3. The molecule has 2 aromatic carbocycles. The van der Waals surface area contributed by atoms with Crippen molar-refractivity contribution in [3.8, 4) is 33.6 Å². The van der Waals surface area contributed by atoms with Crippen molar-refractivity contribution in [3.05, 3.63) is 72.6 Å². The summed E-state index contributed by atoms with van der Waals surface area (Å²) in [5, 5.41) is 2.71. The number of methoxy groups -OCH3 is 1. The highest BCUT2D eigenvalue weighted by molar-refractivity contribution is 6.07. The monoisotopic (exact) mass is 738 g/mol. The van der Waals surface area contributed by atoms with Crippen LogP contribution in [0.25, 0.3) is 33.6 Å². The fraction of sp³-hybridized carbons (Fsp3) is 0.450.